The van der Waals surface area contributed by atoms with Gasteiger partial charge in [0.15, 0.2) is 5.82 Å². The number of rotatable bonds is 6. The minimum atomic E-state index is -4.36. The van der Waals surface area contributed by atoms with Crippen LogP contribution in [-0.4, -0.2) is 16.2 Å². The van der Waals surface area contributed by atoms with Crippen molar-refractivity contribution in [3.8, 4) is 0 Å². The Labute approximate surface area is 167 Å². The minimum absolute atomic E-state index is 0.367. The molecule has 1 aromatic heterocycles. The molecule has 2 atom stereocenters. The monoisotopic (exact) mass is 400 g/mol. The SMILES string of the molecule is FC(F)(F)c1cccc(Nc2cc([C@@H]3CC[C@H](NCc4ccccc4)C3)[nH]n2)c1. The molecule has 7 heteroatoms. The van der Waals surface area contributed by atoms with E-state index in [9.17, 15) is 13.2 Å². The van der Waals surface area contributed by atoms with E-state index < -0.39 is 11.7 Å². The zero-order valence-electron chi connectivity index (χ0n) is 15.8. The molecule has 1 fully saturated rings. The second-order valence-corrected chi connectivity index (χ2v) is 7.49. The standard InChI is InChI=1S/C22H23F3N4/c23-22(24,25)17-7-4-8-19(12-17)27-21-13-20(28-29-21)16-9-10-18(11-16)26-14-15-5-2-1-3-6-15/h1-8,12-13,16,18,26H,9-11,14H2,(H2,27,28,29)/t16-,18+/m1/s1. The van der Waals surface area contributed by atoms with E-state index in [0.717, 1.165) is 43.6 Å². The van der Waals surface area contributed by atoms with Crippen LogP contribution in [0.2, 0.25) is 0 Å². The second kappa shape index (κ2) is 8.29. The quantitative estimate of drug-likeness (QED) is 0.505. The zero-order valence-corrected chi connectivity index (χ0v) is 15.8. The van der Waals surface area contributed by atoms with Gasteiger partial charge < -0.3 is 10.6 Å². The summed E-state index contributed by atoms with van der Waals surface area (Å²) in [5.74, 6) is 0.896. The summed E-state index contributed by atoms with van der Waals surface area (Å²) in [6, 6.07) is 17.8. The first-order chi connectivity index (χ1) is 14.0. The molecule has 0 bridgehead atoms. The molecule has 0 radical (unpaired) electrons. The molecular formula is C22H23F3N4. The Morgan fingerprint density at radius 1 is 1.00 bits per heavy atom. The van der Waals surface area contributed by atoms with Crippen LogP contribution in [0.25, 0.3) is 0 Å². The van der Waals surface area contributed by atoms with Gasteiger partial charge in [-0.1, -0.05) is 36.4 Å². The lowest BCUT2D eigenvalue weighted by Gasteiger charge is -2.12. The number of nitrogens with zero attached hydrogens (tertiary/aromatic N) is 1. The predicted molar refractivity (Wildman–Crippen MR) is 107 cm³/mol. The highest BCUT2D eigenvalue weighted by molar-refractivity contribution is 5.57. The molecular weight excluding hydrogens is 377 g/mol. The highest BCUT2D eigenvalue weighted by atomic mass is 19.4. The Balaban J connectivity index is 1.34. The number of hydrogen-bond acceptors (Lipinski definition) is 3. The molecule has 4 rings (SSSR count). The fourth-order valence-electron chi connectivity index (χ4n) is 3.84. The lowest BCUT2D eigenvalue weighted by Crippen LogP contribution is -2.25. The van der Waals surface area contributed by atoms with Gasteiger partial charge in [0.25, 0.3) is 0 Å². The predicted octanol–water partition coefficient (Wildman–Crippen LogP) is 5.60. The van der Waals surface area contributed by atoms with Gasteiger partial charge in [-0.25, -0.2) is 0 Å². The molecule has 3 N–H and O–H groups in total. The molecule has 0 amide bonds. The molecule has 1 saturated carbocycles. The van der Waals surface area contributed by atoms with Crippen molar-refractivity contribution in [1.29, 1.82) is 0 Å². The van der Waals surface area contributed by atoms with E-state index in [-0.39, 0.29) is 0 Å². The highest BCUT2D eigenvalue weighted by Crippen LogP contribution is 2.35. The molecule has 2 aromatic carbocycles. The summed E-state index contributed by atoms with van der Waals surface area (Å²) in [6.07, 6.45) is -1.21. The molecule has 1 aliphatic carbocycles. The summed E-state index contributed by atoms with van der Waals surface area (Å²) in [5.41, 5.74) is 1.97. The van der Waals surface area contributed by atoms with E-state index in [0.29, 0.717) is 23.5 Å². The first-order valence-corrected chi connectivity index (χ1v) is 9.74. The van der Waals surface area contributed by atoms with E-state index in [1.54, 1.807) is 6.07 Å². The number of aromatic amines is 1. The van der Waals surface area contributed by atoms with Crippen LogP contribution in [-0.2, 0) is 12.7 Å². The van der Waals surface area contributed by atoms with Gasteiger partial charge in [0.1, 0.15) is 0 Å². The largest absolute Gasteiger partial charge is 0.416 e. The third-order valence-corrected chi connectivity index (χ3v) is 5.37. The maximum Gasteiger partial charge on any atom is 0.416 e. The van der Waals surface area contributed by atoms with Crippen LogP contribution in [0, 0.1) is 0 Å². The average molecular weight is 400 g/mol. The summed E-state index contributed by atoms with van der Waals surface area (Å²) in [4.78, 5) is 0. The van der Waals surface area contributed by atoms with Crippen LogP contribution in [0.3, 0.4) is 0 Å². The van der Waals surface area contributed by atoms with Crippen molar-refractivity contribution in [1.82, 2.24) is 15.5 Å². The normalized spacial score (nSPS) is 19.4. The van der Waals surface area contributed by atoms with Gasteiger partial charge >= 0.3 is 6.18 Å². The summed E-state index contributed by atoms with van der Waals surface area (Å²) >= 11 is 0. The number of halogens is 3. The number of alkyl halides is 3. The van der Waals surface area contributed by atoms with Crippen LogP contribution in [0.1, 0.15) is 42.0 Å². The zero-order chi connectivity index (χ0) is 20.3. The molecule has 3 aromatic rings. The van der Waals surface area contributed by atoms with Gasteiger partial charge in [0.2, 0.25) is 0 Å². The molecule has 29 heavy (non-hydrogen) atoms. The van der Waals surface area contributed by atoms with Crippen LogP contribution >= 0.6 is 0 Å². The number of anilines is 2. The molecule has 0 spiro atoms. The summed E-state index contributed by atoms with van der Waals surface area (Å²) < 4.78 is 38.6. The Kier molecular flexibility index (Phi) is 5.58. The van der Waals surface area contributed by atoms with Crippen molar-refractivity contribution in [2.45, 2.75) is 43.9 Å². The fourth-order valence-corrected chi connectivity index (χ4v) is 3.84. The van der Waals surface area contributed by atoms with Crippen molar-refractivity contribution in [2.24, 2.45) is 0 Å². The molecule has 0 saturated heterocycles. The molecule has 1 heterocycles. The molecule has 1 aliphatic rings. The van der Waals surface area contributed by atoms with Crippen molar-refractivity contribution in [3.63, 3.8) is 0 Å². The van der Waals surface area contributed by atoms with E-state index in [1.165, 1.54) is 11.6 Å². The van der Waals surface area contributed by atoms with Gasteiger partial charge in [-0.3, -0.25) is 5.10 Å². The lowest BCUT2D eigenvalue weighted by molar-refractivity contribution is -0.137. The van der Waals surface area contributed by atoms with Gasteiger partial charge in [-0.2, -0.15) is 18.3 Å². The summed E-state index contributed by atoms with van der Waals surface area (Å²) in [7, 11) is 0. The first-order valence-electron chi connectivity index (χ1n) is 9.74. The second-order valence-electron chi connectivity index (χ2n) is 7.49. The fraction of sp³-hybridized carbons (Fsp3) is 0.318. The van der Waals surface area contributed by atoms with Crippen LogP contribution in [0.15, 0.2) is 60.7 Å². The third kappa shape index (κ3) is 4.98. The van der Waals surface area contributed by atoms with Crippen molar-refractivity contribution >= 4 is 11.5 Å². The van der Waals surface area contributed by atoms with Crippen LogP contribution in [0.4, 0.5) is 24.7 Å². The molecule has 0 aliphatic heterocycles. The number of aromatic nitrogens is 2. The van der Waals surface area contributed by atoms with Crippen LogP contribution in [0.5, 0.6) is 0 Å². The van der Waals surface area contributed by atoms with Gasteiger partial charge in [0.05, 0.1) is 5.56 Å². The topological polar surface area (TPSA) is 52.7 Å². The minimum Gasteiger partial charge on any atom is -0.339 e. The molecule has 152 valence electrons. The van der Waals surface area contributed by atoms with Crippen molar-refractivity contribution in [2.75, 3.05) is 5.32 Å². The van der Waals surface area contributed by atoms with Gasteiger partial charge in [0, 0.05) is 36.0 Å². The number of nitrogens with one attached hydrogen (secondary N) is 3. The van der Waals surface area contributed by atoms with E-state index in [4.69, 9.17) is 0 Å². The molecule has 0 unspecified atom stereocenters. The van der Waals surface area contributed by atoms with Crippen molar-refractivity contribution < 1.29 is 13.2 Å². The maximum absolute atomic E-state index is 12.9. The lowest BCUT2D eigenvalue weighted by atomic mass is 10.0. The average Bonchev–Trinajstić information content (AvgIpc) is 3.36. The maximum atomic E-state index is 12.9. The Hall–Kier alpha value is -2.80. The van der Waals surface area contributed by atoms with Gasteiger partial charge in [-0.15, -0.1) is 0 Å². The molecule has 4 nitrogen and oxygen atoms in total. The number of benzene rings is 2. The summed E-state index contributed by atoms with van der Waals surface area (Å²) in [6.45, 7) is 0.851. The van der Waals surface area contributed by atoms with Gasteiger partial charge in [-0.05, 0) is 43.0 Å². The van der Waals surface area contributed by atoms with Crippen LogP contribution < -0.4 is 10.6 Å². The van der Waals surface area contributed by atoms with E-state index >= 15 is 0 Å². The third-order valence-electron chi connectivity index (χ3n) is 5.37. The van der Waals surface area contributed by atoms with E-state index in [2.05, 4.69) is 33.0 Å². The Morgan fingerprint density at radius 2 is 1.83 bits per heavy atom. The first kappa shape index (κ1) is 19.5. The number of H-pyrrole nitrogens is 1. The Bertz CT molecular complexity index is 936. The Morgan fingerprint density at radius 3 is 2.62 bits per heavy atom. The highest BCUT2D eigenvalue weighted by Gasteiger charge is 2.30. The summed E-state index contributed by atoms with van der Waals surface area (Å²) in [5, 5.41) is 13.8. The van der Waals surface area contributed by atoms with Crippen molar-refractivity contribution in [3.05, 3.63) is 77.5 Å². The smallest absolute Gasteiger partial charge is 0.339 e. The van der Waals surface area contributed by atoms with E-state index in [1.807, 2.05) is 24.3 Å². The number of hydrogen-bond donors (Lipinski definition) is 3.